The van der Waals surface area contributed by atoms with Crippen LogP contribution in [0.3, 0.4) is 0 Å². The number of hydrogen-bond acceptors (Lipinski definition) is 3. The first-order valence-corrected chi connectivity index (χ1v) is 11.3. The van der Waals surface area contributed by atoms with E-state index in [9.17, 15) is 14.7 Å². The standard InChI is InChI=1S/C19H18I3NO4/c1-4-23(11(3)24)16-13(20)9-14(21)18(15(16)22)27-17(19(25)26)12-7-5-10(2)6-8-12/h5-9,17H,4H2,1-3H3,(H,25,26). The van der Waals surface area contributed by atoms with Crippen molar-refractivity contribution in [3.05, 3.63) is 52.2 Å². The van der Waals surface area contributed by atoms with Gasteiger partial charge in [-0.1, -0.05) is 29.8 Å². The van der Waals surface area contributed by atoms with E-state index in [0.717, 1.165) is 22.0 Å². The summed E-state index contributed by atoms with van der Waals surface area (Å²) in [4.78, 5) is 25.6. The summed E-state index contributed by atoms with van der Waals surface area (Å²) < 4.78 is 8.40. The maximum absolute atomic E-state index is 12.0. The zero-order chi connectivity index (χ0) is 20.3. The number of carbonyl (C=O) groups is 2. The minimum absolute atomic E-state index is 0.0752. The number of carbonyl (C=O) groups excluding carboxylic acids is 1. The van der Waals surface area contributed by atoms with Crippen LogP contribution in [-0.2, 0) is 9.59 Å². The van der Waals surface area contributed by atoms with Crippen LogP contribution in [0.2, 0.25) is 0 Å². The summed E-state index contributed by atoms with van der Waals surface area (Å²) in [5, 5.41) is 9.71. The van der Waals surface area contributed by atoms with Crippen molar-refractivity contribution >= 4 is 85.3 Å². The third-order valence-electron chi connectivity index (χ3n) is 3.91. The summed E-state index contributed by atoms with van der Waals surface area (Å²) in [5.41, 5.74) is 2.36. The number of rotatable bonds is 6. The molecule has 2 aromatic rings. The lowest BCUT2D eigenvalue weighted by Gasteiger charge is -2.25. The van der Waals surface area contributed by atoms with Crippen LogP contribution in [0.15, 0.2) is 30.3 Å². The molecule has 1 unspecified atom stereocenters. The number of hydrogen-bond donors (Lipinski definition) is 1. The number of halogens is 3. The first-order valence-electron chi connectivity index (χ1n) is 8.09. The van der Waals surface area contributed by atoms with Crippen LogP contribution < -0.4 is 9.64 Å². The number of anilines is 1. The number of ether oxygens (including phenoxy) is 1. The van der Waals surface area contributed by atoms with Crippen LogP contribution in [0.25, 0.3) is 0 Å². The topological polar surface area (TPSA) is 66.8 Å². The first-order chi connectivity index (χ1) is 12.7. The van der Waals surface area contributed by atoms with Gasteiger partial charge >= 0.3 is 5.97 Å². The number of benzene rings is 2. The third kappa shape index (κ3) is 5.25. The maximum atomic E-state index is 12.0. The zero-order valence-electron chi connectivity index (χ0n) is 14.9. The van der Waals surface area contributed by atoms with Crippen molar-refractivity contribution in [3.63, 3.8) is 0 Å². The van der Waals surface area contributed by atoms with Crippen LogP contribution in [0, 0.1) is 17.6 Å². The van der Waals surface area contributed by atoms with E-state index >= 15 is 0 Å². The molecule has 0 heterocycles. The van der Waals surface area contributed by atoms with E-state index in [4.69, 9.17) is 4.74 Å². The monoisotopic (exact) mass is 705 g/mol. The molecule has 5 nitrogen and oxygen atoms in total. The second kappa shape index (κ2) is 9.72. The summed E-state index contributed by atoms with van der Waals surface area (Å²) in [6.07, 6.45) is -1.13. The molecule has 0 aromatic heterocycles. The smallest absolute Gasteiger partial charge is 0.349 e. The summed E-state index contributed by atoms with van der Waals surface area (Å²) in [6, 6.07) is 9.13. The molecule has 0 saturated heterocycles. The molecule has 0 spiro atoms. The van der Waals surface area contributed by atoms with Crippen LogP contribution in [0.1, 0.15) is 31.1 Å². The first kappa shape index (κ1) is 22.7. The SMILES string of the molecule is CCN(C(C)=O)c1c(I)cc(I)c(OC(C(=O)O)c2ccc(C)cc2)c1I. The highest BCUT2D eigenvalue weighted by Crippen LogP contribution is 2.40. The molecule has 27 heavy (non-hydrogen) atoms. The van der Waals surface area contributed by atoms with Crippen molar-refractivity contribution < 1.29 is 19.4 Å². The summed E-state index contributed by atoms with van der Waals surface area (Å²) in [5.74, 6) is -0.669. The van der Waals surface area contributed by atoms with Gasteiger partial charge < -0.3 is 14.7 Å². The Kier molecular flexibility index (Phi) is 8.16. The molecular formula is C19H18I3NO4. The fourth-order valence-corrected chi connectivity index (χ4v) is 6.78. The Morgan fingerprint density at radius 2 is 1.74 bits per heavy atom. The second-order valence-electron chi connectivity index (χ2n) is 5.84. The van der Waals surface area contributed by atoms with Gasteiger partial charge in [-0.2, -0.15) is 0 Å². The molecule has 8 heteroatoms. The Balaban J connectivity index is 2.55. The molecule has 2 rings (SSSR count). The molecule has 1 amide bonds. The summed E-state index contributed by atoms with van der Waals surface area (Å²) >= 11 is 6.44. The van der Waals surface area contributed by atoms with Crippen LogP contribution in [0.5, 0.6) is 5.75 Å². The third-order valence-corrected chi connectivity index (χ3v) is 6.53. The highest BCUT2D eigenvalue weighted by Gasteiger charge is 2.27. The zero-order valence-corrected chi connectivity index (χ0v) is 21.4. The molecule has 0 radical (unpaired) electrons. The summed E-state index contributed by atoms with van der Waals surface area (Å²) in [7, 11) is 0. The number of amides is 1. The Bertz CT molecular complexity index is 868. The molecule has 144 valence electrons. The number of aryl methyl sites for hydroxylation is 1. The quantitative estimate of drug-likeness (QED) is 0.410. The molecular weight excluding hydrogens is 687 g/mol. The highest BCUT2D eigenvalue weighted by atomic mass is 127. The van der Waals surface area contributed by atoms with Gasteiger partial charge in [-0.15, -0.1) is 0 Å². The Morgan fingerprint density at radius 1 is 1.15 bits per heavy atom. The average molecular weight is 705 g/mol. The van der Waals surface area contributed by atoms with Gasteiger partial charge in [0.2, 0.25) is 12.0 Å². The van der Waals surface area contributed by atoms with E-state index in [0.29, 0.717) is 17.9 Å². The van der Waals surface area contributed by atoms with Gasteiger partial charge in [-0.05, 0) is 87.7 Å². The molecule has 0 aliphatic heterocycles. The summed E-state index contributed by atoms with van der Waals surface area (Å²) in [6.45, 7) is 5.87. The molecule has 0 aliphatic rings. The molecule has 0 saturated carbocycles. The van der Waals surface area contributed by atoms with Gasteiger partial charge in [-0.25, -0.2) is 4.79 Å². The molecule has 1 N–H and O–H groups in total. The van der Waals surface area contributed by atoms with Gasteiger partial charge in [0.1, 0.15) is 5.75 Å². The van der Waals surface area contributed by atoms with Crippen molar-refractivity contribution in [1.29, 1.82) is 0 Å². The van der Waals surface area contributed by atoms with E-state index in [1.54, 1.807) is 17.0 Å². The predicted molar refractivity (Wildman–Crippen MR) is 130 cm³/mol. The highest BCUT2D eigenvalue weighted by molar-refractivity contribution is 14.1. The number of aliphatic carboxylic acids is 1. The fraction of sp³-hybridized carbons (Fsp3) is 0.263. The number of nitrogens with zero attached hydrogens (tertiary/aromatic N) is 1. The van der Waals surface area contributed by atoms with Crippen molar-refractivity contribution in [3.8, 4) is 5.75 Å². The normalized spacial score (nSPS) is 11.8. The predicted octanol–water partition coefficient (Wildman–Crippen LogP) is 5.39. The second-order valence-corrected chi connectivity index (χ2v) is 9.25. The van der Waals surface area contributed by atoms with Crippen LogP contribution in [0.4, 0.5) is 5.69 Å². The lowest BCUT2D eigenvalue weighted by molar-refractivity contribution is -0.145. The average Bonchev–Trinajstić information content (AvgIpc) is 2.58. The molecule has 1 atom stereocenters. The van der Waals surface area contributed by atoms with E-state index in [1.807, 2.05) is 32.0 Å². The van der Waals surface area contributed by atoms with Gasteiger partial charge in [0.05, 0.1) is 12.8 Å². The number of carboxylic acids is 1. The molecule has 0 fully saturated rings. The van der Waals surface area contributed by atoms with Crippen molar-refractivity contribution in [2.24, 2.45) is 0 Å². The lowest BCUT2D eigenvalue weighted by Crippen LogP contribution is -2.30. The van der Waals surface area contributed by atoms with E-state index in [1.165, 1.54) is 6.92 Å². The van der Waals surface area contributed by atoms with Crippen molar-refractivity contribution in [2.75, 3.05) is 11.4 Å². The van der Waals surface area contributed by atoms with E-state index < -0.39 is 12.1 Å². The molecule has 0 bridgehead atoms. The maximum Gasteiger partial charge on any atom is 0.349 e. The number of carboxylic acid groups (broad SMARTS) is 1. The Labute approximate surface area is 199 Å². The fourth-order valence-electron chi connectivity index (χ4n) is 2.58. The lowest BCUT2D eigenvalue weighted by atomic mass is 10.1. The Morgan fingerprint density at radius 3 is 2.22 bits per heavy atom. The Hall–Kier alpha value is -0.630. The minimum Gasteiger partial charge on any atom is -0.478 e. The van der Waals surface area contributed by atoms with Gasteiger partial charge in [0.15, 0.2) is 0 Å². The van der Waals surface area contributed by atoms with Gasteiger partial charge in [-0.3, -0.25) is 4.79 Å². The van der Waals surface area contributed by atoms with Crippen molar-refractivity contribution in [2.45, 2.75) is 26.9 Å². The van der Waals surface area contributed by atoms with E-state index in [2.05, 4.69) is 67.8 Å². The largest absolute Gasteiger partial charge is 0.478 e. The van der Waals surface area contributed by atoms with Crippen LogP contribution in [-0.4, -0.2) is 23.5 Å². The van der Waals surface area contributed by atoms with Gasteiger partial charge in [0.25, 0.3) is 0 Å². The minimum atomic E-state index is -1.13. The van der Waals surface area contributed by atoms with Crippen LogP contribution >= 0.6 is 67.8 Å². The van der Waals surface area contributed by atoms with Gasteiger partial charge in [0, 0.05) is 22.6 Å². The molecule has 0 aliphatic carbocycles. The van der Waals surface area contributed by atoms with E-state index in [-0.39, 0.29) is 5.91 Å². The van der Waals surface area contributed by atoms with Crippen molar-refractivity contribution in [1.82, 2.24) is 0 Å². The molecule has 2 aromatic carbocycles.